The largest absolute Gasteiger partial charge is 0.324 e. The summed E-state index contributed by atoms with van der Waals surface area (Å²) in [5.41, 5.74) is 0.0193. The molecular weight excluding hydrogens is 386 g/mol. The summed E-state index contributed by atoms with van der Waals surface area (Å²) >= 11 is 0. The third-order valence-corrected chi connectivity index (χ3v) is 4.96. The molecular formula is C24H18F2N2O2. The van der Waals surface area contributed by atoms with Crippen LogP contribution >= 0.6 is 0 Å². The molecule has 0 aliphatic carbocycles. The number of amides is 2. The van der Waals surface area contributed by atoms with Crippen molar-refractivity contribution in [2.24, 2.45) is 0 Å². The van der Waals surface area contributed by atoms with Gasteiger partial charge in [0.25, 0.3) is 5.91 Å². The molecule has 3 aromatic carbocycles. The van der Waals surface area contributed by atoms with Gasteiger partial charge in [0.05, 0.1) is 6.42 Å². The molecule has 0 aromatic heterocycles. The Morgan fingerprint density at radius 1 is 0.933 bits per heavy atom. The number of rotatable bonds is 5. The third kappa shape index (κ3) is 3.72. The summed E-state index contributed by atoms with van der Waals surface area (Å²) in [5, 5.41) is 2.68. The molecule has 0 bridgehead atoms. The van der Waals surface area contributed by atoms with Gasteiger partial charge in [0.1, 0.15) is 11.6 Å². The van der Waals surface area contributed by atoms with E-state index in [-0.39, 0.29) is 23.7 Å². The molecule has 30 heavy (non-hydrogen) atoms. The Labute approximate surface area is 172 Å². The second kappa shape index (κ2) is 7.91. The van der Waals surface area contributed by atoms with Crippen LogP contribution in [0.3, 0.4) is 0 Å². The lowest BCUT2D eigenvalue weighted by atomic mass is 9.81. The maximum atomic E-state index is 13.8. The van der Waals surface area contributed by atoms with Crippen LogP contribution in [0.2, 0.25) is 0 Å². The van der Waals surface area contributed by atoms with Gasteiger partial charge in [-0.25, -0.2) is 8.78 Å². The minimum absolute atomic E-state index is 0.0893. The summed E-state index contributed by atoms with van der Waals surface area (Å²) in [4.78, 5) is 27.1. The van der Waals surface area contributed by atoms with Crippen molar-refractivity contribution < 1.29 is 18.4 Å². The summed E-state index contributed by atoms with van der Waals surface area (Å²) in [5.74, 6) is -1.83. The smallest absolute Gasteiger partial charge is 0.255 e. The number of nitrogens with one attached hydrogen (secondary N) is 1. The molecule has 6 heteroatoms. The van der Waals surface area contributed by atoms with Crippen LogP contribution in [0.5, 0.6) is 0 Å². The van der Waals surface area contributed by atoms with E-state index in [1.165, 1.54) is 41.3 Å². The van der Waals surface area contributed by atoms with E-state index in [0.29, 0.717) is 0 Å². The molecule has 1 aliphatic heterocycles. The highest BCUT2D eigenvalue weighted by atomic mass is 19.1. The molecule has 3 aromatic rings. The number of nitrogens with zero attached hydrogens (tertiary/aromatic N) is 1. The zero-order chi connectivity index (χ0) is 21.1. The predicted octanol–water partition coefficient (Wildman–Crippen LogP) is 4.79. The molecule has 4 rings (SSSR count). The molecule has 1 heterocycles. The summed E-state index contributed by atoms with van der Waals surface area (Å²) in [6, 6.07) is 20.3. The number of halogens is 2. The summed E-state index contributed by atoms with van der Waals surface area (Å²) in [6.45, 7) is 0. The first-order chi connectivity index (χ1) is 14.5. The fourth-order valence-electron chi connectivity index (χ4n) is 3.50. The van der Waals surface area contributed by atoms with Crippen molar-refractivity contribution in [1.29, 1.82) is 0 Å². The highest BCUT2D eigenvalue weighted by Gasteiger charge is 2.55. The van der Waals surface area contributed by atoms with E-state index in [2.05, 4.69) is 5.32 Å². The minimum atomic E-state index is -1.37. The average molecular weight is 404 g/mol. The van der Waals surface area contributed by atoms with Crippen LogP contribution in [0.25, 0.3) is 6.08 Å². The van der Waals surface area contributed by atoms with E-state index in [9.17, 15) is 18.4 Å². The standard InChI is InChI=1S/C24H18F2N2O2/c25-18-8-4-10-20(14-18)27-23(30)24(13-12-17-6-2-1-3-7-17)16-22(29)28(24)21-11-5-9-19(26)15-21/h1-15H,16H2,(H,27,30). The van der Waals surface area contributed by atoms with Gasteiger partial charge in [-0.15, -0.1) is 0 Å². The molecule has 1 fully saturated rings. The Morgan fingerprint density at radius 3 is 2.30 bits per heavy atom. The Bertz CT molecular complexity index is 1130. The van der Waals surface area contributed by atoms with Gasteiger partial charge in [0.2, 0.25) is 5.91 Å². The van der Waals surface area contributed by atoms with Crippen molar-refractivity contribution in [3.05, 3.63) is 102 Å². The fourth-order valence-corrected chi connectivity index (χ4v) is 3.50. The maximum absolute atomic E-state index is 13.8. The zero-order valence-electron chi connectivity index (χ0n) is 15.9. The third-order valence-electron chi connectivity index (χ3n) is 4.96. The first-order valence-electron chi connectivity index (χ1n) is 9.38. The second-order valence-corrected chi connectivity index (χ2v) is 7.02. The molecule has 0 saturated carbocycles. The van der Waals surface area contributed by atoms with E-state index in [4.69, 9.17) is 0 Å². The zero-order valence-corrected chi connectivity index (χ0v) is 15.9. The van der Waals surface area contributed by atoms with Gasteiger partial charge in [0.15, 0.2) is 5.54 Å². The van der Waals surface area contributed by atoms with Crippen molar-refractivity contribution in [3.8, 4) is 0 Å². The van der Waals surface area contributed by atoms with E-state index >= 15 is 0 Å². The molecule has 4 nitrogen and oxygen atoms in total. The first kappa shape index (κ1) is 19.5. The van der Waals surface area contributed by atoms with Crippen molar-refractivity contribution in [2.75, 3.05) is 10.2 Å². The number of anilines is 2. The van der Waals surface area contributed by atoms with Crippen LogP contribution < -0.4 is 10.2 Å². The number of β-lactam (4-membered cyclic amide) rings is 1. The molecule has 1 N–H and O–H groups in total. The average Bonchev–Trinajstić information content (AvgIpc) is 2.71. The number of hydrogen-bond acceptors (Lipinski definition) is 2. The van der Waals surface area contributed by atoms with Crippen LogP contribution in [0, 0.1) is 11.6 Å². The first-order valence-corrected chi connectivity index (χ1v) is 9.38. The number of hydrogen-bond donors (Lipinski definition) is 1. The Kier molecular flexibility index (Phi) is 5.14. The van der Waals surface area contributed by atoms with Crippen molar-refractivity contribution >= 4 is 29.3 Å². The maximum Gasteiger partial charge on any atom is 0.255 e. The number of carbonyl (C=O) groups excluding carboxylic acids is 2. The van der Waals surface area contributed by atoms with Gasteiger partial charge in [-0.05, 0) is 48.0 Å². The SMILES string of the molecule is O=C1CC(C=Cc2ccccc2)(C(=O)Nc2cccc(F)c2)N1c1cccc(F)c1. The van der Waals surface area contributed by atoms with Gasteiger partial charge in [0, 0.05) is 11.4 Å². The fraction of sp³-hybridized carbons (Fsp3) is 0.0833. The molecule has 0 radical (unpaired) electrons. The van der Waals surface area contributed by atoms with Gasteiger partial charge < -0.3 is 5.32 Å². The van der Waals surface area contributed by atoms with Gasteiger partial charge in [-0.3, -0.25) is 14.5 Å². The van der Waals surface area contributed by atoms with Gasteiger partial charge >= 0.3 is 0 Å². The summed E-state index contributed by atoms with van der Waals surface area (Å²) in [6.07, 6.45) is 3.28. The van der Waals surface area contributed by atoms with Crippen LogP contribution in [0.15, 0.2) is 84.9 Å². The van der Waals surface area contributed by atoms with Gasteiger partial charge in [-0.1, -0.05) is 48.5 Å². The highest BCUT2D eigenvalue weighted by molar-refractivity contribution is 6.18. The molecule has 0 spiro atoms. The second-order valence-electron chi connectivity index (χ2n) is 7.02. The molecule has 1 atom stereocenters. The number of benzene rings is 3. The van der Waals surface area contributed by atoms with Crippen LogP contribution in [-0.2, 0) is 9.59 Å². The highest BCUT2D eigenvalue weighted by Crippen LogP contribution is 2.40. The Hall–Kier alpha value is -3.80. The van der Waals surface area contributed by atoms with E-state index in [1.807, 2.05) is 30.3 Å². The van der Waals surface area contributed by atoms with Crippen LogP contribution in [0.1, 0.15) is 12.0 Å². The van der Waals surface area contributed by atoms with E-state index in [0.717, 1.165) is 5.56 Å². The topological polar surface area (TPSA) is 49.4 Å². The van der Waals surface area contributed by atoms with Gasteiger partial charge in [-0.2, -0.15) is 0 Å². The lowest BCUT2D eigenvalue weighted by Crippen LogP contribution is -2.68. The Morgan fingerprint density at radius 2 is 1.63 bits per heavy atom. The summed E-state index contributed by atoms with van der Waals surface area (Å²) < 4.78 is 27.4. The lowest BCUT2D eigenvalue weighted by molar-refractivity contribution is -0.134. The van der Waals surface area contributed by atoms with E-state index in [1.54, 1.807) is 24.3 Å². The summed E-state index contributed by atoms with van der Waals surface area (Å²) in [7, 11) is 0. The molecule has 1 aliphatic rings. The minimum Gasteiger partial charge on any atom is -0.324 e. The molecule has 150 valence electrons. The van der Waals surface area contributed by atoms with Crippen molar-refractivity contribution in [3.63, 3.8) is 0 Å². The van der Waals surface area contributed by atoms with Crippen molar-refractivity contribution in [2.45, 2.75) is 12.0 Å². The van der Waals surface area contributed by atoms with E-state index < -0.39 is 23.1 Å². The van der Waals surface area contributed by atoms with Crippen LogP contribution in [-0.4, -0.2) is 17.4 Å². The quantitative estimate of drug-likeness (QED) is 0.622. The number of carbonyl (C=O) groups is 2. The normalized spacial score (nSPS) is 18.3. The van der Waals surface area contributed by atoms with Crippen molar-refractivity contribution in [1.82, 2.24) is 0 Å². The lowest BCUT2D eigenvalue weighted by Gasteiger charge is -2.48. The molecule has 1 unspecified atom stereocenters. The van der Waals surface area contributed by atoms with Crippen LogP contribution in [0.4, 0.5) is 20.2 Å². The molecule has 1 saturated heterocycles. The predicted molar refractivity (Wildman–Crippen MR) is 112 cm³/mol. The monoisotopic (exact) mass is 404 g/mol. The Balaban J connectivity index is 1.73. The molecule has 2 amide bonds.